The lowest BCUT2D eigenvalue weighted by Crippen LogP contribution is -2.42. The molecule has 2 bridgehead atoms. The lowest BCUT2D eigenvalue weighted by atomic mass is 9.68. The highest BCUT2D eigenvalue weighted by Gasteiger charge is 2.69. The fourth-order valence-corrected chi connectivity index (χ4v) is 11.6. The number of sulfonamides is 1. The quantitative estimate of drug-likeness (QED) is 0.236. The zero-order chi connectivity index (χ0) is 33.5. The van der Waals surface area contributed by atoms with E-state index in [-0.39, 0.29) is 57.1 Å². The molecule has 1 saturated heterocycles. The molecule has 246 valence electrons. The zero-order valence-electron chi connectivity index (χ0n) is 24.9. The third-order valence-corrected chi connectivity index (χ3v) is 13.7. The van der Waals surface area contributed by atoms with Gasteiger partial charge in [0.2, 0.25) is 21.8 Å². The molecule has 3 fully saturated rings. The van der Waals surface area contributed by atoms with Crippen LogP contribution < -0.4 is 25.0 Å². The smallest absolute Gasteiger partial charge is 0.305 e. The van der Waals surface area contributed by atoms with E-state index in [1.165, 1.54) is 40.5 Å². The number of H-pyrrole nitrogens is 1. The Morgan fingerprint density at radius 2 is 1.62 bits per heavy atom. The number of anilines is 2. The number of imide groups is 1. The number of carbonyl (C=O) groups is 3. The second-order valence-electron chi connectivity index (χ2n) is 12.4. The first-order valence-electron chi connectivity index (χ1n) is 15.2. The lowest BCUT2D eigenvalue weighted by Gasteiger charge is -2.43. The van der Waals surface area contributed by atoms with E-state index in [2.05, 4.69) is 10.3 Å². The molecule has 3 heterocycles. The Morgan fingerprint density at radius 3 is 2.29 bits per heavy atom. The molecule has 7 atom stereocenters. The summed E-state index contributed by atoms with van der Waals surface area (Å²) in [4.78, 5) is 57.9. The van der Waals surface area contributed by atoms with E-state index < -0.39 is 27.8 Å². The van der Waals surface area contributed by atoms with E-state index in [0.29, 0.717) is 22.1 Å². The van der Waals surface area contributed by atoms with Gasteiger partial charge in [0.15, 0.2) is 6.61 Å². The second-order valence-corrected chi connectivity index (χ2v) is 16.6. The van der Waals surface area contributed by atoms with Crippen LogP contribution in [0.5, 0.6) is 5.75 Å². The number of ether oxygens (including phenoxy) is 1. The molecule has 4 unspecified atom stereocenters. The average molecular weight is 723 g/mol. The van der Waals surface area contributed by atoms with Crippen molar-refractivity contribution in [3.63, 3.8) is 0 Å². The Labute approximate surface area is 287 Å². The molecule has 0 radical (unpaired) electrons. The van der Waals surface area contributed by atoms with Crippen molar-refractivity contribution >= 4 is 73.8 Å². The van der Waals surface area contributed by atoms with Crippen LogP contribution in [0.15, 0.2) is 87.5 Å². The van der Waals surface area contributed by atoms with Crippen LogP contribution in [0, 0.1) is 29.6 Å². The van der Waals surface area contributed by atoms with Crippen LogP contribution in [0.1, 0.15) is 22.8 Å². The van der Waals surface area contributed by atoms with Crippen molar-refractivity contribution in [1.82, 2.24) is 4.98 Å². The van der Waals surface area contributed by atoms with Crippen LogP contribution in [-0.2, 0) is 24.4 Å². The number of hydrogen-bond donors (Lipinski definition) is 3. The van der Waals surface area contributed by atoms with Crippen LogP contribution in [0.3, 0.4) is 0 Å². The third-order valence-electron chi connectivity index (χ3n) is 9.88. The van der Waals surface area contributed by atoms with E-state index in [1.807, 2.05) is 12.1 Å². The van der Waals surface area contributed by atoms with E-state index in [9.17, 15) is 27.6 Å². The molecule has 4 N–H and O–H groups in total. The van der Waals surface area contributed by atoms with Crippen molar-refractivity contribution in [3.05, 3.63) is 97.9 Å². The summed E-state index contributed by atoms with van der Waals surface area (Å²) in [6.07, 6.45) is 0.778. The van der Waals surface area contributed by atoms with Gasteiger partial charge in [0, 0.05) is 26.8 Å². The predicted molar refractivity (Wildman–Crippen MR) is 181 cm³/mol. The molecule has 4 aliphatic rings. The van der Waals surface area contributed by atoms with Crippen molar-refractivity contribution < 1.29 is 27.5 Å². The molecule has 11 nitrogen and oxygen atoms in total. The van der Waals surface area contributed by atoms with Gasteiger partial charge in [0.05, 0.1) is 27.4 Å². The summed E-state index contributed by atoms with van der Waals surface area (Å²) in [6.45, 7) is -0.280. The monoisotopic (exact) mass is 722 g/mol. The minimum Gasteiger partial charge on any atom is -0.484 e. The van der Waals surface area contributed by atoms with Crippen LogP contribution in [0.4, 0.5) is 11.4 Å². The van der Waals surface area contributed by atoms with E-state index in [1.54, 1.807) is 48.2 Å². The van der Waals surface area contributed by atoms with Crippen LogP contribution in [0.25, 0.3) is 0 Å². The Bertz CT molecular complexity index is 2130. The number of halogens is 1. The van der Waals surface area contributed by atoms with Crippen LogP contribution >= 0.6 is 34.7 Å². The lowest BCUT2D eigenvalue weighted by molar-refractivity contribution is -0.123. The van der Waals surface area contributed by atoms with Gasteiger partial charge < -0.3 is 15.0 Å². The summed E-state index contributed by atoms with van der Waals surface area (Å²) in [5, 5.41) is 9.18. The standard InChI is InChI=1S/C33H27ClN4O7S3/c34-16-3-7-18(8-4-16)38-31(40)26-21-13-22(27(26)32(38)41)28-25(21)24(29-30(46-28)37-33(42)47-29)15-1-9-19(10-2-15)45-14-23(39)36-17-5-11-20(12-6-17)48(35,43)44/h1-12,21-22,24-28H,13-14H2,(H,36,39)(H,37,42)(H2,35,43,44)/t21-,22-,24-,25?,26?,27?,28?/m1/s1. The Balaban J connectivity index is 1.02. The number of benzene rings is 3. The summed E-state index contributed by atoms with van der Waals surface area (Å²) in [5.74, 6) is -1.26. The number of amides is 3. The number of aromatic amines is 1. The zero-order valence-corrected chi connectivity index (χ0v) is 28.1. The number of carbonyl (C=O) groups excluding carboxylic acids is 3. The maximum atomic E-state index is 13.9. The molecular formula is C33H27ClN4O7S3. The number of nitrogens with one attached hydrogen (secondary N) is 2. The van der Waals surface area contributed by atoms with Crippen LogP contribution in [-0.4, -0.2) is 43.0 Å². The maximum Gasteiger partial charge on any atom is 0.305 e. The van der Waals surface area contributed by atoms with Crippen molar-refractivity contribution in [2.45, 2.75) is 27.5 Å². The Morgan fingerprint density at radius 1 is 0.958 bits per heavy atom. The molecule has 2 aliphatic heterocycles. The predicted octanol–water partition coefficient (Wildman–Crippen LogP) is 4.43. The van der Waals surface area contributed by atoms with Crippen molar-refractivity contribution in [2.75, 3.05) is 16.8 Å². The van der Waals surface area contributed by atoms with Crippen LogP contribution in [0.2, 0.25) is 5.02 Å². The highest BCUT2D eigenvalue weighted by Crippen LogP contribution is 2.68. The third kappa shape index (κ3) is 5.17. The Hall–Kier alpha value is -3.95. The molecule has 8 rings (SSSR count). The van der Waals surface area contributed by atoms with Crippen molar-refractivity contribution in [3.8, 4) is 5.75 Å². The van der Waals surface area contributed by atoms with Gasteiger partial charge in [-0.15, -0.1) is 11.8 Å². The highest BCUT2D eigenvalue weighted by atomic mass is 35.5. The number of nitrogens with two attached hydrogens (primary N) is 1. The minimum atomic E-state index is -3.84. The summed E-state index contributed by atoms with van der Waals surface area (Å²) in [7, 11) is -3.84. The first-order valence-corrected chi connectivity index (χ1v) is 18.8. The fourth-order valence-electron chi connectivity index (χ4n) is 8.08. The summed E-state index contributed by atoms with van der Waals surface area (Å²) in [6, 6.07) is 19.7. The van der Waals surface area contributed by atoms with Gasteiger partial charge in [0.1, 0.15) is 5.75 Å². The van der Waals surface area contributed by atoms with Crippen molar-refractivity contribution in [2.24, 2.45) is 34.7 Å². The molecule has 3 aromatic carbocycles. The van der Waals surface area contributed by atoms with Gasteiger partial charge in [0.25, 0.3) is 5.91 Å². The summed E-state index contributed by atoms with van der Waals surface area (Å²) < 4.78 is 28.7. The second kappa shape index (κ2) is 11.6. The first kappa shape index (κ1) is 31.3. The van der Waals surface area contributed by atoms with Gasteiger partial charge >= 0.3 is 4.87 Å². The number of aromatic nitrogens is 1. The molecule has 3 amide bonds. The summed E-state index contributed by atoms with van der Waals surface area (Å²) in [5.41, 5.74) is 1.89. The summed E-state index contributed by atoms with van der Waals surface area (Å²) >= 11 is 8.89. The number of nitrogens with zero attached hydrogens (tertiary/aromatic N) is 1. The number of thioether (sulfide) groups is 1. The van der Waals surface area contributed by atoms with Gasteiger partial charge in [-0.05, 0) is 90.4 Å². The van der Waals surface area contributed by atoms with Gasteiger partial charge in [-0.2, -0.15) is 0 Å². The molecule has 15 heteroatoms. The van der Waals surface area contributed by atoms with Gasteiger partial charge in [-0.1, -0.05) is 35.1 Å². The topological polar surface area (TPSA) is 169 Å². The molecule has 2 saturated carbocycles. The number of fused-ring (bicyclic) bond motifs is 9. The van der Waals surface area contributed by atoms with E-state index >= 15 is 0 Å². The molecule has 4 aromatic rings. The van der Waals surface area contributed by atoms with E-state index in [0.717, 1.165) is 21.9 Å². The number of rotatable bonds is 7. The first-order chi connectivity index (χ1) is 23.0. The van der Waals surface area contributed by atoms with E-state index in [4.69, 9.17) is 21.5 Å². The number of hydrogen-bond acceptors (Lipinski definition) is 9. The molecule has 48 heavy (non-hydrogen) atoms. The molecule has 0 spiro atoms. The average Bonchev–Trinajstić information content (AvgIpc) is 3.79. The fraction of sp³-hybridized carbons (Fsp3) is 0.273. The van der Waals surface area contributed by atoms with Gasteiger partial charge in [-0.25, -0.2) is 13.6 Å². The largest absolute Gasteiger partial charge is 0.484 e. The Kier molecular flexibility index (Phi) is 7.56. The maximum absolute atomic E-state index is 13.9. The molecule has 1 aromatic heterocycles. The highest BCUT2D eigenvalue weighted by molar-refractivity contribution is 8.00. The minimum absolute atomic E-state index is 0.000155. The normalized spacial score (nSPS) is 27.0. The number of primary sulfonamides is 1. The van der Waals surface area contributed by atoms with Crippen molar-refractivity contribution in [1.29, 1.82) is 0 Å². The number of thiazole rings is 1. The SMILES string of the molecule is NS(=O)(=O)c1ccc(NC(=O)COc2ccc([C@H]3c4sc(=O)[nH]c4SC4C3[C@H]3C[C@@H]4C4C(=O)N(c5ccc(Cl)cc5)C(=O)C43)cc2)cc1. The molecular weight excluding hydrogens is 696 g/mol. The molecule has 2 aliphatic carbocycles. The van der Waals surface area contributed by atoms with Gasteiger partial charge in [-0.3, -0.25) is 24.1 Å².